The average molecular weight is 472 g/mol. The fraction of sp³-hybridized carbons (Fsp3) is 0.542. The molecule has 0 radical (unpaired) electrons. The number of phenolic OH excluding ortho intramolecular Hbond substituents is 1. The van der Waals surface area contributed by atoms with Gasteiger partial charge in [-0.2, -0.15) is 0 Å². The number of hydrogen-bond donors (Lipinski definition) is 3. The van der Waals surface area contributed by atoms with Crippen LogP contribution in [0, 0.1) is 23.7 Å². The SMILES string of the molecule is C[Si](C)(C)CCc1ccc(O)c2c1C[C@H]1C[C@H]3CC(=O)C(C(N)=O)C(=O)[C@@]3(O)C(=O)C1C2=O. The normalized spacial score (nSPS) is 31.6. The van der Waals surface area contributed by atoms with E-state index in [2.05, 4.69) is 19.6 Å². The fourth-order valence-electron chi connectivity index (χ4n) is 5.78. The van der Waals surface area contributed by atoms with Gasteiger partial charge in [-0.15, -0.1) is 0 Å². The number of carbonyl (C=O) groups excluding carboxylic acids is 5. The van der Waals surface area contributed by atoms with Gasteiger partial charge >= 0.3 is 0 Å². The van der Waals surface area contributed by atoms with Gasteiger partial charge in [0, 0.05) is 20.4 Å². The third kappa shape index (κ3) is 3.58. The number of aliphatic hydroxyl groups is 1. The molecule has 5 atom stereocenters. The highest BCUT2D eigenvalue weighted by atomic mass is 28.3. The van der Waals surface area contributed by atoms with Crippen molar-refractivity contribution >= 4 is 37.1 Å². The van der Waals surface area contributed by atoms with E-state index in [0.29, 0.717) is 12.0 Å². The Hall–Kier alpha value is -2.65. The lowest BCUT2D eigenvalue weighted by Crippen LogP contribution is -2.68. The van der Waals surface area contributed by atoms with Crippen molar-refractivity contribution in [2.45, 2.75) is 57.0 Å². The molecule has 0 bridgehead atoms. The highest BCUT2D eigenvalue weighted by Crippen LogP contribution is 2.50. The number of amides is 1. The van der Waals surface area contributed by atoms with Crippen molar-refractivity contribution in [2.75, 3.05) is 0 Å². The zero-order valence-electron chi connectivity index (χ0n) is 19.0. The molecule has 9 heteroatoms. The molecule has 0 aromatic heterocycles. The molecule has 4 N–H and O–H groups in total. The van der Waals surface area contributed by atoms with Crippen molar-refractivity contribution in [3.05, 3.63) is 28.8 Å². The smallest absolute Gasteiger partial charge is 0.235 e. The third-order valence-corrected chi connectivity index (χ3v) is 9.28. The van der Waals surface area contributed by atoms with Crippen LogP contribution in [0.3, 0.4) is 0 Å². The number of aromatic hydroxyl groups is 1. The van der Waals surface area contributed by atoms with Crippen LogP contribution in [0.1, 0.15) is 34.3 Å². The number of Topliss-reactive ketones (excluding diaryl/α,β-unsaturated/α-hetero) is 4. The number of hydrogen-bond acceptors (Lipinski definition) is 7. The molecular formula is C24H29NO7Si. The Morgan fingerprint density at radius 3 is 2.39 bits per heavy atom. The number of benzene rings is 1. The highest BCUT2D eigenvalue weighted by Gasteiger charge is 2.66. The van der Waals surface area contributed by atoms with Crippen LogP contribution in [0.15, 0.2) is 12.1 Å². The molecular weight excluding hydrogens is 442 g/mol. The quantitative estimate of drug-likeness (QED) is 0.441. The summed E-state index contributed by atoms with van der Waals surface area (Å²) < 4.78 is 0. The van der Waals surface area contributed by atoms with Gasteiger partial charge in [0.15, 0.2) is 34.7 Å². The van der Waals surface area contributed by atoms with Gasteiger partial charge in [-0.3, -0.25) is 24.0 Å². The molecule has 0 spiro atoms. The maximum atomic E-state index is 13.5. The van der Waals surface area contributed by atoms with E-state index in [1.54, 1.807) is 0 Å². The van der Waals surface area contributed by atoms with Crippen molar-refractivity contribution < 1.29 is 34.2 Å². The van der Waals surface area contributed by atoms with E-state index in [1.807, 2.05) is 6.07 Å². The van der Waals surface area contributed by atoms with Crippen LogP contribution < -0.4 is 5.73 Å². The van der Waals surface area contributed by atoms with Gasteiger partial charge in [0.1, 0.15) is 5.75 Å². The second-order valence-electron chi connectivity index (χ2n) is 10.9. The molecule has 1 aromatic carbocycles. The maximum absolute atomic E-state index is 13.5. The maximum Gasteiger partial charge on any atom is 0.235 e. The van der Waals surface area contributed by atoms with E-state index < -0.39 is 66.4 Å². The van der Waals surface area contributed by atoms with E-state index in [0.717, 1.165) is 18.0 Å². The number of fused-ring (bicyclic) bond motifs is 3. The summed E-state index contributed by atoms with van der Waals surface area (Å²) in [6, 6.07) is 4.26. The molecule has 1 amide bonds. The fourth-order valence-corrected chi connectivity index (χ4v) is 6.79. The first-order chi connectivity index (χ1) is 15.3. The lowest BCUT2D eigenvalue weighted by Gasteiger charge is -2.48. The van der Waals surface area contributed by atoms with Crippen LogP contribution in [0.5, 0.6) is 5.75 Å². The predicted octanol–water partition coefficient (Wildman–Crippen LogP) is 1.21. The molecule has 8 nitrogen and oxygen atoms in total. The largest absolute Gasteiger partial charge is 0.507 e. The van der Waals surface area contributed by atoms with Gasteiger partial charge < -0.3 is 15.9 Å². The zero-order valence-corrected chi connectivity index (χ0v) is 20.0. The summed E-state index contributed by atoms with van der Waals surface area (Å²) in [4.78, 5) is 63.9. The first kappa shape index (κ1) is 23.5. The molecule has 2 saturated carbocycles. The highest BCUT2D eigenvalue weighted by molar-refractivity contribution is 6.76. The number of carbonyl (C=O) groups is 5. The Morgan fingerprint density at radius 1 is 1.12 bits per heavy atom. The second-order valence-corrected chi connectivity index (χ2v) is 16.5. The van der Waals surface area contributed by atoms with E-state index in [-0.39, 0.29) is 24.2 Å². The van der Waals surface area contributed by atoms with Crippen LogP contribution in [0.25, 0.3) is 0 Å². The first-order valence-electron chi connectivity index (χ1n) is 11.3. The van der Waals surface area contributed by atoms with Crippen LogP contribution >= 0.6 is 0 Å². The van der Waals surface area contributed by atoms with Gasteiger partial charge in [-0.25, -0.2) is 0 Å². The van der Waals surface area contributed by atoms with Crippen molar-refractivity contribution in [3.63, 3.8) is 0 Å². The summed E-state index contributed by atoms with van der Waals surface area (Å²) in [5, 5.41) is 21.7. The van der Waals surface area contributed by atoms with Crippen LogP contribution in [0.4, 0.5) is 0 Å². The lowest BCUT2D eigenvalue weighted by atomic mass is 9.53. The van der Waals surface area contributed by atoms with Crippen molar-refractivity contribution in [1.29, 1.82) is 0 Å². The summed E-state index contributed by atoms with van der Waals surface area (Å²) in [6.45, 7) is 6.74. The number of phenols is 1. The van der Waals surface area contributed by atoms with Crippen molar-refractivity contribution in [3.8, 4) is 5.75 Å². The average Bonchev–Trinajstić information content (AvgIpc) is 2.69. The minimum Gasteiger partial charge on any atom is -0.507 e. The monoisotopic (exact) mass is 471 g/mol. The van der Waals surface area contributed by atoms with Crippen molar-refractivity contribution in [2.24, 2.45) is 29.4 Å². The topological polar surface area (TPSA) is 152 Å². The second kappa shape index (κ2) is 7.70. The van der Waals surface area contributed by atoms with E-state index in [1.165, 1.54) is 6.07 Å². The van der Waals surface area contributed by atoms with Crippen LogP contribution in [-0.2, 0) is 32.0 Å². The molecule has 4 rings (SSSR count). The Kier molecular flexibility index (Phi) is 5.48. The summed E-state index contributed by atoms with van der Waals surface area (Å²) in [5.41, 5.74) is 4.33. The molecule has 0 heterocycles. The molecule has 0 aliphatic heterocycles. The summed E-state index contributed by atoms with van der Waals surface area (Å²) in [7, 11) is -1.37. The lowest BCUT2D eigenvalue weighted by molar-refractivity contribution is -0.175. The molecule has 3 aliphatic rings. The van der Waals surface area contributed by atoms with Gasteiger partial charge in [0.2, 0.25) is 5.91 Å². The molecule has 0 saturated heterocycles. The minimum absolute atomic E-state index is 0.0745. The third-order valence-electron chi connectivity index (χ3n) is 7.53. The number of ketones is 4. The van der Waals surface area contributed by atoms with Gasteiger partial charge in [-0.05, 0) is 42.4 Å². The van der Waals surface area contributed by atoms with Gasteiger partial charge in [0.05, 0.1) is 11.5 Å². The number of aryl methyl sites for hydroxylation is 1. The molecule has 3 aliphatic carbocycles. The van der Waals surface area contributed by atoms with E-state index >= 15 is 0 Å². The summed E-state index contributed by atoms with van der Waals surface area (Å²) in [5.74, 6) is -9.69. The van der Waals surface area contributed by atoms with Crippen molar-refractivity contribution in [1.82, 2.24) is 0 Å². The predicted molar refractivity (Wildman–Crippen MR) is 120 cm³/mol. The molecule has 2 fully saturated rings. The molecule has 176 valence electrons. The zero-order chi connectivity index (χ0) is 24.5. The first-order valence-corrected chi connectivity index (χ1v) is 15.0. The van der Waals surface area contributed by atoms with Gasteiger partial charge in [0.25, 0.3) is 0 Å². The minimum atomic E-state index is -2.60. The number of rotatable bonds is 4. The molecule has 33 heavy (non-hydrogen) atoms. The number of primary amides is 1. The van der Waals surface area contributed by atoms with Crippen LogP contribution in [-0.4, -0.2) is 52.9 Å². The van der Waals surface area contributed by atoms with E-state index in [9.17, 15) is 34.2 Å². The molecule has 1 aromatic rings. The molecule has 2 unspecified atom stereocenters. The Bertz CT molecular complexity index is 1100. The van der Waals surface area contributed by atoms with Crippen LogP contribution in [0.2, 0.25) is 25.7 Å². The summed E-state index contributed by atoms with van der Waals surface area (Å²) in [6.07, 6.45) is 0.876. The number of nitrogens with two attached hydrogens (primary N) is 1. The van der Waals surface area contributed by atoms with E-state index in [4.69, 9.17) is 5.73 Å². The Labute approximate surface area is 192 Å². The van der Waals surface area contributed by atoms with Gasteiger partial charge in [-0.1, -0.05) is 31.8 Å². The Balaban J connectivity index is 1.76. The Morgan fingerprint density at radius 2 is 1.79 bits per heavy atom. The summed E-state index contributed by atoms with van der Waals surface area (Å²) >= 11 is 0. The standard InChI is InChI=1S/C24H29NO7Si/c1-33(2,3)7-6-11-4-5-15(26)18-14(11)9-12-8-13-10-16(27)19(23(25)31)22(30)24(13,32)21(29)17(12)20(18)28/h4-5,12-13,17,19,26,32H,6-10H2,1-3H3,(H2,25,31)/t12-,13+,17?,19?,24+/m1/s1.